The number of amides is 1. The van der Waals surface area contributed by atoms with Crippen LogP contribution in [0.5, 0.6) is 0 Å². The number of anilines is 1. The Morgan fingerprint density at radius 1 is 1.17 bits per heavy atom. The first-order valence-electron chi connectivity index (χ1n) is 8.81. The summed E-state index contributed by atoms with van der Waals surface area (Å²) in [6.45, 7) is 4.67. The number of nitrogens with zero attached hydrogens (tertiary/aromatic N) is 1. The Morgan fingerprint density at radius 3 is 2.59 bits per heavy atom. The Labute approximate surface area is 172 Å². The van der Waals surface area contributed by atoms with Gasteiger partial charge in [-0.2, -0.15) is 5.26 Å². The van der Waals surface area contributed by atoms with Crippen LogP contribution >= 0.6 is 11.8 Å². The van der Waals surface area contributed by atoms with Gasteiger partial charge in [-0.05, 0) is 38.5 Å². The van der Waals surface area contributed by atoms with E-state index in [1.54, 1.807) is 45.0 Å². The van der Waals surface area contributed by atoms with Gasteiger partial charge in [0.1, 0.15) is 5.69 Å². The molecule has 29 heavy (non-hydrogen) atoms. The van der Waals surface area contributed by atoms with Crippen LogP contribution in [0.3, 0.4) is 0 Å². The highest BCUT2D eigenvalue weighted by Crippen LogP contribution is 2.26. The Bertz CT molecular complexity index is 962. The number of benzene rings is 1. The molecule has 152 valence electrons. The average molecular weight is 415 g/mol. The van der Waals surface area contributed by atoms with Crippen molar-refractivity contribution in [3.63, 3.8) is 0 Å². The van der Waals surface area contributed by atoms with Gasteiger partial charge < -0.3 is 19.8 Å². The van der Waals surface area contributed by atoms with Crippen LogP contribution < -0.4 is 5.32 Å². The molecule has 0 bridgehead atoms. The third kappa shape index (κ3) is 5.62. The maximum Gasteiger partial charge on any atom is 0.355 e. The van der Waals surface area contributed by atoms with E-state index in [9.17, 15) is 14.4 Å². The fourth-order valence-electron chi connectivity index (χ4n) is 2.66. The lowest BCUT2D eigenvalue weighted by molar-refractivity contribution is -0.119. The van der Waals surface area contributed by atoms with Crippen molar-refractivity contribution in [2.75, 3.05) is 24.3 Å². The number of rotatable bonds is 8. The van der Waals surface area contributed by atoms with Gasteiger partial charge in [-0.1, -0.05) is 12.1 Å². The van der Waals surface area contributed by atoms with Crippen LogP contribution in [0.2, 0.25) is 0 Å². The number of nitriles is 1. The lowest BCUT2D eigenvalue weighted by atomic mass is 10.1. The fraction of sp³-hybridized carbons (Fsp3) is 0.300. The largest absolute Gasteiger partial charge is 0.462 e. The van der Waals surface area contributed by atoms with Gasteiger partial charge in [0.05, 0.1) is 29.7 Å². The molecule has 0 saturated carbocycles. The second kappa shape index (κ2) is 10.3. The maximum atomic E-state index is 12.4. The SMILES string of the molecule is CCOC(=O)c1c(C)[nH]c(C(=O)OCC(=O)Nc2ccccc2SCC#N)c1C. The minimum Gasteiger partial charge on any atom is -0.462 e. The quantitative estimate of drug-likeness (QED) is 0.501. The molecule has 2 N–H and O–H groups in total. The molecule has 9 heteroatoms. The summed E-state index contributed by atoms with van der Waals surface area (Å²) < 4.78 is 10.1. The molecule has 0 fully saturated rings. The topological polar surface area (TPSA) is 121 Å². The molecule has 0 atom stereocenters. The van der Waals surface area contributed by atoms with Crippen LogP contribution in [-0.2, 0) is 14.3 Å². The fourth-order valence-corrected chi connectivity index (χ4v) is 3.33. The number of nitrogens with one attached hydrogen (secondary N) is 2. The number of hydrogen-bond donors (Lipinski definition) is 2. The predicted octanol–water partition coefficient (Wildman–Crippen LogP) is 3.22. The molecule has 0 aliphatic heterocycles. The average Bonchev–Trinajstić information content (AvgIpc) is 3.00. The summed E-state index contributed by atoms with van der Waals surface area (Å²) in [7, 11) is 0. The highest BCUT2D eigenvalue weighted by atomic mass is 32.2. The summed E-state index contributed by atoms with van der Waals surface area (Å²) >= 11 is 1.29. The lowest BCUT2D eigenvalue weighted by Gasteiger charge is -2.10. The van der Waals surface area contributed by atoms with Crippen molar-refractivity contribution < 1.29 is 23.9 Å². The van der Waals surface area contributed by atoms with Crippen LogP contribution in [0.1, 0.15) is 39.0 Å². The van der Waals surface area contributed by atoms with E-state index in [2.05, 4.69) is 10.3 Å². The number of aryl methyl sites for hydroxylation is 1. The van der Waals surface area contributed by atoms with Gasteiger partial charge in [0.25, 0.3) is 5.91 Å². The second-order valence-corrected chi connectivity index (χ2v) is 6.93. The zero-order valence-corrected chi connectivity index (χ0v) is 17.1. The third-order valence-electron chi connectivity index (χ3n) is 3.91. The third-order valence-corrected chi connectivity index (χ3v) is 4.85. The molecule has 0 radical (unpaired) electrons. The van der Waals surface area contributed by atoms with Gasteiger partial charge in [0.2, 0.25) is 0 Å². The zero-order chi connectivity index (χ0) is 21.4. The number of esters is 2. The number of carbonyl (C=O) groups is 3. The second-order valence-electron chi connectivity index (χ2n) is 5.91. The van der Waals surface area contributed by atoms with Crippen molar-refractivity contribution in [3.05, 3.63) is 46.8 Å². The van der Waals surface area contributed by atoms with Crippen molar-refractivity contribution in [1.82, 2.24) is 4.98 Å². The van der Waals surface area contributed by atoms with Crippen LogP contribution in [0.25, 0.3) is 0 Å². The monoisotopic (exact) mass is 415 g/mol. The van der Waals surface area contributed by atoms with E-state index in [1.165, 1.54) is 11.8 Å². The molecule has 1 aromatic carbocycles. The standard InChI is InChI=1S/C20H21N3O5S/c1-4-27-19(25)17-12(2)18(22-13(17)3)20(26)28-11-16(24)23-14-7-5-6-8-15(14)29-10-9-21/h5-8,22H,4,10-11H2,1-3H3,(H,23,24). The van der Waals surface area contributed by atoms with Crippen LogP contribution in [0.4, 0.5) is 5.69 Å². The first-order valence-corrected chi connectivity index (χ1v) is 9.79. The molecule has 8 nitrogen and oxygen atoms in total. The molecule has 2 aromatic rings. The smallest absolute Gasteiger partial charge is 0.355 e. The Morgan fingerprint density at radius 2 is 1.90 bits per heavy atom. The molecule has 0 unspecified atom stereocenters. The number of H-pyrrole nitrogens is 1. The van der Waals surface area contributed by atoms with Crippen LogP contribution in [0.15, 0.2) is 29.2 Å². The number of para-hydroxylation sites is 1. The Hall–Kier alpha value is -3.25. The van der Waals surface area contributed by atoms with Crippen LogP contribution in [-0.4, -0.2) is 41.8 Å². The zero-order valence-electron chi connectivity index (χ0n) is 16.3. The maximum absolute atomic E-state index is 12.4. The number of ether oxygens (including phenoxy) is 2. The molecule has 1 amide bonds. The number of carbonyl (C=O) groups excluding carboxylic acids is 3. The minimum absolute atomic E-state index is 0.100. The molecular weight excluding hydrogens is 394 g/mol. The molecule has 0 saturated heterocycles. The molecule has 0 spiro atoms. The first kappa shape index (κ1) is 22.0. The number of aromatic nitrogens is 1. The van der Waals surface area contributed by atoms with E-state index in [1.807, 2.05) is 6.07 Å². The van der Waals surface area contributed by atoms with E-state index in [4.69, 9.17) is 14.7 Å². The van der Waals surface area contributed by atoms with E-state index < -0.39 is 24.5 Å². The van der Waals surface area contributed by atoms with E-state index >= 15 is 0 Å². The van der Waals surface area contributed by atoms with Gasteiger partial charge >= 0.3 is 11.9 Å². The Balaban J connectivity index is 2.01. The first-order chi connectivity index (χ1) is 13.9. The van der Waals surface area contributed by atoms with Gasteiger partial charge in [-0.3, -0.25) is 4.79 Å². The van der Waals surface area contributed by atoms with Gasteiger partial charge in [0.15, 0.2) is 6.61 Å². The number of hydrogen-bond acceptors (Lipinski definition) is 7. The van der Waals surface area contributed by atoms with Crippen molar-refractivity contribution in [2.45, 2.75) is 25.7 Å². The number of thioether (sulfide) groups is 1. The molecule has 2 rings (SSSR count). The molecule has 1 heterocycles. The molecular formula is C20H21N3O5S. The van der Waals surface area contributed by atoms with E-state index in [-0.39, 0.29) is 23.6 Å². The van der Waals surface area contributed by atoms with Crippen molar-refractivity contribution in [1.29, 1.82) is 5.26 Å². The molecule has 0 aliphatic rings. The number of aromatic amines is 1. The van der Waals surface area contributed by atoms with Gasteiger partial charge in [0, 0.05) is 10.6 Å². The highest BCUT2D eigenvalue weighted by Gasteiger charge is 2.24. The Kier molecular flexibility index (Phi) is 7.86. The summed E-state index contributed by atoms with van der Waals surface area (Å²) in [6.07, 6.45) is 0. The summed E-state index contributed by atoms with van der Waals surface area (Å²) in [6, 6.07) is 9.06. The summed E-state index contributed by atoms with van der Waals surface area (Å²) in [4.78, 5) is 40.1. The van der Waals surface area contributed by atoms with Crippen molar-refractivity contribution in [3.8, 4) is 6.07 Å². The summed E-state index contributed by atoms with van der Waals surface area (Å²) in [5, 5.41) is 11.4. The van der Waals surface area contributed by atoms with Gasteiger partial charge in [-0.25, -0.2) is 9.59 Å². The molecule has 0 aliphatic carbocycles. The minimum atomic E-state index is -0.747. The van der Waals surface area contributed by atoms with Crippen LogP contribution in [0, 0.1) is 25.2 Å². The van der Waals surface area contributed by atoms with Gasteiger partial charge in [-0.15, -0.1) is 11.8 Å². The normalized spacial score (nSPS) is 10.1. The van der Waals surface area contributed by atoms with E-state index in [0.29, 0.717) is 16.9 Å². The van der Waals surface area contributed by atoms with Crippen molar-refractivity contribution >= 4 is 35.3 Å². The summed E-state index contributed by atoms with van der Waals surface area (Å²) in [5.74, 6) is -1.55. The predicted molar refractivity (Wildman–Crippen MR) is 108 cm³/mol. The molecule has 1 aromatic heterocycles. The van der Waals surface area contributed by atoms with Crippen molar-refractivity contribution in [2.24, 2.45) is 0 Å². The van der Waals surface area contributed by atoms with E-state index in [0.717, 1.165) is 4.90 Å². The highest BCUT2D eigenvalue weighted by molar-refractivity contribution is 7.99. The summed E-state index contributed by atoms with van der Waals surface area (Å²) in [5.41, 5.74) is 1.81. The lowest BCUT2D eigenvalue weighted by Crippen LogP contribution is -2.21.